The largest absolute Gasteiger partial charge is 0.352 e. The zero-order valence-electron chi connectivity index (χ0n) is 15.9. The Hall–Kier alpha value is -3.40. The summed E-state index contributed by atoms with van der Waals surface area (Å²) in [5.41, 5.74) is 3.34. The number of nitrogens with zero attached hydrogens (tertiary/aromatic N) is 2. The average Bonchev–Trinajstić information content (AvgIpc) is 3.05. The second kappa shape index (κ2) is 8.09. The smallest absolute Gasteiger partial charge is 0.243 e. The van der Waals surface area contributed by atoms with E-state index in [2.05, 4.69) is 58.4 Å². The molecule has 0 atom stereocenters. The van der Waals surface area contributed by atoms with Gasteiger partial charge in [-0.1, -0.05) is 54.6 Å². The third kappa shape index (κ3) is 3.81. The maximum absolute atomic E-state index is 11.7. The predicted octanol–water partition coefficient (Wildman–Crippen LogP) is 4.47. The third-order valence-electron chi connectivity index (χ3n) is 4.85. The summed E-state index contributed by atoms with van der Waals surface area (Å²) in [6.07, 6.45) is 3.97. The summed E-state index contributed by atoms with van der Waals surface area (Å²) in [5.74, 6) is 0.912. The number of rotatable bonds is 6. The predicted molar refractivity (Wildman–Crippen MR) is 114 cm³/mol. The van der Waals surface area contributed by atoms with Gasteiger partial charge < -0.3 is 9.88 Å². The molecule has 0 aliphatic rings. The zero-order chi connectivity index (χ0) is 19.3. The molecule has 4 nitrogen and oxygen atoms in total. The van der Waals surface area contributed by atoms with Crippen molar-refractivity contribution >= 4 is 27.7 Å². The maximum Gasteiger partial charge on any atom is 0.243 e. The first kappa shape index (κ1) is 18.0. The quantitative estimate of drug-likeness (QED) is 0.510. The first-order valence-electron chi connectivity index (χ1n) is 9.57. The molecule has 0 fully saturated rings. The van der Waals surface area contributed by atoms with Crippen LogP contribution >= 0.6 is 0 Å². The van der Waals surface area contributed by atoms with Crippen molar-refractivity contribution in [2.45, 2.75) is 19.9 Å². The number of imidazole rings is 1. The Morgan fingerprint density at radius 1 is 1.04 bits per heavy atom. The van der Waals surface area contributed by atoms with E-state index >= 15 is 0 Å². The number of aromatic nitrogens is 2. The van der Waals surface area contributed by atoms with Gasteiger partial charge in [-0.2, -0.15) is 0 Å². The van der Waals surface area contributed by atoms with Crippen LogP contribution in [0, 0.1) is 0 Å². The van der Waals surface area contributed by atoms with Crippen LogP contribution in [0.3, 0.4) is 0 Å². The number of para-hydroxylation sites is 2. The molecule has 28 heavy (non-hydrogen) atoms. The molecule has 1 heterocycles. The van der Waals surface area contributed by atoms with E-state index in [1.54, 1.807) is 6.08 Å². The summed E-state index contributed by atoms with van der Waals surface area (Å²) in [5, 5.41) is 5.40. The molecule has 0 unspecified atom stereocenters. The van der Waals surface area contributed by atoms with Crippen LogP contribution in [0.5, 0.6) is 0 Å². The number of hydrogen-bond acceptors (Lipinski definition) is 2. The summed E-state index contributed by atoms with van der Waals surface area (Å²) < 4.78 is 2.25. The molecule has 0 saturated heterocycles. The number of amides is 1. The Morgan fingerprint density at radius 2 is 1.82 bits per heavy atom. The molecule has 4 heteroatoms. The lowest BCUT2D eigenvalue weighted by Crippen LogP contribution is -2.24. The highest BCUT2D eigenvalue weighted by Gasteiger charge is 2.11. The van der Waals surface area contributed by atoms with Crippen LogP contribution in [0.2, 0.25) is 0 Å². The molecule has 3 aromatic carbocycles. The summed E-state index contributed by atoms with van der Waals surface area (Å²) in [7, 11) is 0. The SMILES string of the molecule is C/C=C/C(=O)NCCc1nc2ccccc2n1Cc1ccc2ccccc2c1. The lowest BCUT2D eigenvalue weighted by atomic mass is 10.1. The van der Waals surface area contributed by atoms with Crippen molar-refractivity contribution in [3.8, 4) is 0 Å². The van der Waals surface area contributed by atoms with Gasteiger partial charge in [-0.25, -0.2) is 4.98 Å². The summed E-state index contributed by atoms with van der Waals surface area (Å²) in [4.78, 5) is 16.5. The van der Waals surface area contributed by atoms with Crippen molar-refractivity contribution in [1.29, 1.82) is 0 Å². The van der Waals surface area contributed by atoms with E-state index in [-0.39, 0.29) is 5.91 Å². The molecule has 0 aliphatic heterocycles. The Kier molecular flexibility index (Phi) is 5.20. The van der Waals surface area contributed by atoms with Gasteiger partial charge in [0, 0.05) is 19.5 Å². The van der Waals surface area contributed by atoms with Crippen LogP contribution in [0.1, 0.15) is 18.3 Å². The van der Waals surface area contributed by atoms with Gasteiger partial charge in [0.2, 0.25) is 5.91 Å². The lowest BCUT2D eigenvalue weighted by molar-refractivity contribution is -0.116. The minimum absolute atomic E-state index is 0.0697. The Morgan fingerprint density at radius 3 is 2.68 bits per heavy atom. The van der Waals surface area contributed by atoms with Crippen LogP contribution < -0.4 is 5.32 Å². The van der Waals surface area contributed by atoms with Crippen LogP contribution in [-0.4, -0.2) is 22.0 Å². The fourth-order valence-electron chi connectivity index (χ4n) is 3.52. The van der Waals surface area contributed by atoms with Crippen LogP contribution in [0.25, 0.3) is 21.8 Å². The van der Waals surface area contributed by atoms with Gasteiger partial charge in [0.15, 0.2) is 0 Å². The lowest BCUT2D eigenvalue weighted by Gasteiger charge is -2.11. The van der Waals surface area contributed by atoms with E-state index in [0.29, 0.717) is 13.0 Å². The number of nitrogens with one attached hydrogen (secondary N) is 1. The minimum Gasteiger partial charge on any atom is -0.352 e. The number of benzene rings is 3. The van der Waals surface area contributed by atoms with Crippen LogP contribution in [-0.2, 0) is 17.8 Å². The fraction of sp³-hybridized carbons (Fsp3) is 0.167. The summed E-state index contributed by atoms with van der Waals surface area (Å²) in [6.45, 7) is 3.15. The van der Waals surface area contributed by atoms with Gasteiger partial charge >= 0.3 is 0 Å². The van der Waals surface area contributed by atoms with Gasteiger partial charge in [-0.3, -0.25) is 4.79 Å². The van der Waals surface area contributed by atoms with Gasteiger partial charge in [0.1, 0.15) is 5.82 Å². The number of fused-ring (bicyclic) bond motifs is 2. The molecule has 140 valence electrons. The van der Waals surface area contributed by atoms with Crippen molar-refractivity contribution in [2.75, 3.05) is 6.54 Å². The second-order valence-electron chi connectivity index (χ2n) is 6.83. The van der Waals surface area contributed by atoms with Gasteiger partial charge in [0.25, 0.3) is 0 Å². The highest BCUT2D eigenvalue weighted by Crippen LogP contribution is 2.21. The second-order valence-corrected chi connectivity index (χ2v) is 6.83. The molecular formula is C24H23N3O. The standard InChI is InChI=1S/C24H23N3O/c1-2-7-24(28)25-15-14-23-26-21-10-5-6-11-22(21)27(23)17-18-12-13-19-8-3-4-9-20(19)16-18/h2-13,16H,14-15,17H2,1H3,(H,25,28)/b7-2+. The Balaban J connectivity index is 1.63. The molecule has 4 rings (SSSR count). The van der Waals surface area contributed by atoms with Crippen LogP contribution in [0.15, 0.2) is 78.9 Å². The highest BCUT2D eigenvalue weighted by atomic mass is 16.1. The van der Waals surface area contributed by atoms with Gasteiger partial charge in [0.05, 0.1) is 11.0 Å². The molecule has 0 radical (unpaired) electrons. The average molecular weight is 369 g/mol. The number of carbonyl (C=O) groups excluding carboxylic acids is 1. The number of carbonyl (C=O) groups is 1. The van der Waals surface area contributed by atoms with Crippen molar-refractivity contribution < 1.29 is 4.79 Å². The molecular weight excluding hydrogens is 346 g/mol. The molecule has 4 aromatic rings. The van der Waals surface area contributed by atoms with Crippen molar-refractivity contribution in [1.82, 2.24) is 14.9 Å². The topological polar surface area (TPSA) is 46.9 Å². The van der Waals surface area contributed by atoms with E-state index in [1.807, 2.05) is 25.1 Å². The van der Waals surface area contributed by atoms with Crippen LogP contribution in [0.4, 0.5) is 0 Å². The monoisotopic (exact) mass is 369 g/mol. The highest BCUT2D eigenvalue weighted by molar-refractivity contribution is 5.87. The zero-order valence-corrected chi connectivity index (χ0v) is 15.9. The van der Waals surface area contributed by atoms with E-state index in [4.69, 9.17) is 4.98 Å². The molecule has 0 spiro atoms. The van der Waals surface area contributed by atoms with Crippen molar-refractivity contribution in [2.24, 2.45) is 0 Å². The first-order valence-corrected chi connectivity index (χ1v) is 9.57. The minimum atomic E-state index is -0.0697. The fourth-order valence-corrected chi connectivity index (χ4v) is 3.52. The third-order valence-corrected chi connectivity index (χ3v) is 4.85. The van der Waals surface area contributed by atoms with Crippen molar-refractivity contribution in [3.63, 3.8) is 0 Å². The molecule has 0 bridgehead atoms. The number of allylic oxidation sites excluding steroid dienone is 1. The van der Waals surface area contributed by atoms with E-state index in [9.17, 15) is 4.79 Å². The van der Waals surface area contributed by atoms with E-state index in [1.165, 1.54) is 22.4 Å². The van der Waals surface area contributed by atoms with E-state index in [0.717, 1.165) is 23.4 Å². The Labute approximate surface area is 164 Å². The maximum atomic E-state index is 11.7. The summed E-state index contributed by atoms with van der Waals surface area (Å²) >= 11 is 0. The van der Waals surface area contributed by atoms with Gasteiger partial charge in [-0.15, -0.1) is 0 Å². The summed E-state index contributed by atoms with van der Waals surface area (Å²) in [6, 6.07) is 23.2. The molecule has 0 aliphatic carbocycles. The molecule has 1 N–H and O–H groups in total. The molecule has 1 aromatic heterocycles. The van der Waals surface area contributed by atoms with Gasteiger partial charge in [-0.05, 0) is 47.5 Å². The molecule has 0 saturated carbocycles. The Bertz CT molecular complexity index is 1160. The molecule has 1 amide bonds. The number of hydrogen-bond donors (Lipinski definition) is 1. The first-order chi connectivity index (χ1) is 13.7. The van der Waals surface area contributed by atoms with Crippen molar-refractivity contribution in [3.05, 3.63) is 90.3 Å². The normalized spacial score (nSPS) is 11.5. The van der Waals surface area contributed by atoms with E-state index < -0.39 is 0 Å².